The van der Waals surface area contributed by atoms with Gasteiger partial charge in [-0.1, -0.05) is 29.4 Å². The fourth-order valence-electron chi connectivity index (χ4n) is 3.04. The van der Waals surface area contributed by atoms with Crippen LogP contribution in [0.25, 0.3) is 11.0 Å². The average molecular weight is 461 g/mol. The monoisotopic (exact) mass is 460 g/mol. The lowest BCUT2D eigenvalue weighted by atomic mass is 10.3. The summed E-state index contributed by atoms with van der Waals surface area (Å²) in [7, 11) is -0.620. The second kappa shape index (κ2) is 7.82. The van der Waals surface area contributed by atoms with Crippen molar-refractivity contribution in [2.75, 3.05) is 4.72 Å². The number of hydrogen-bond donors (Lipinski definition) is 1. The highest BCUT2D eigenvalue weighted by atomic mass is 35.5. The number of nitrogens with zero attached hydrogens (tertiary/aromatic N) is 3. The number of anilines is 1. The number of pyridine rings is 1. The van der Waals surface area contributed by atoms with Crippen LogP contribution in [0.5, 0.6) is 0 Å². The molecule has 2 aromatic carbocycles. The van der Waals surface area contributed by atoms with E-state index in [1.54, 1.807) is 44.6 Å². The molecule has 0 radical (unpaired) electrons. The van der Waals surface area contributed by atoms with E-state index >= 15 is 0 Å². The van der Waals surface area contributed by atoms with Crippen LogP contribution in [0.3, 0.4) is 0 Å². The number of rotatable bonds is 5. The van der Waals surface area contributed by atoms with Gasteiger partial charge in [-0.15, -0.1) is 0 Å². The largest absolute Gasteiger partial charge is 0.328 e. The van der Waals surface area contributed by atoms with Gasteiger partial charge >= 0.3 is 5.69 Å². The van der Waals surface area contributed by atoms with Crippen LogP contribution in [0.15, 0.2) is 80.4 Å². The van der Waals surface area contributed by atoms with Gasteiger partial charge < -0.3 is 0 Å². The van der Waals surface area contributed by atoms with Gasteiger partial charge in [0.1, 0.15) is 5.03 Å². The Kier molecular flexibility index (Phi) is 5.35. The van der Waals surface area contributed by atoms with E-state index in [9.17, 15) is 13.2 Å². The maximum Gasteiger partial charge on any atom is 0.328 e. The Morgan fingerprint density at radius 1 is 1.00 bits per heavy atom. The number of sulfonamides is 1. The molecular formula is C20H17ClN4O3S2. The highest BCUT2D eigenvalue weighted by Crippen LogP contribution is 2.34. The first-order valence-corrected chi connectivity index (χ1v) is 11.5. The molecule has 0 saturated carbocycles. The second-order valence-electron chi connectivity index (χ2n) is 6.57. The van der Waals surface area contributed by atoms with Crippen molar-refractivity contribution in [1.29, 1.82) is 0 Å². The molecule has 0 atom stereocenters. The van der Waals surface area contributed by atoms with Gasteiger partial charge in [-0.05, 0) is 48.5 Å². The lowest BCUT2D eigenvalue weighted by Gasteiger charge is -2.11. The molecule has 0 fully saturated rings. The smallest absolute Gasteiger partial charge is 0.295 e. The Labute approximate surface area is 182 Å². The third-order valence-electron chi connectivity index (χ3n) is 4.59. The van der Waals surface area contributed by atoms with Crippen LogP contribution in [0, 0.1) is 0 Å². The fourth-order valence-corrected chi connectivity index (χ4v) is 5.18. The zero-order chi connectivity index (χ0) is 21.5. The summed E-state index contributed by atoms with van der Waals surface area (Å²) in [6.07, 6.45) is 1.69. The number of fused-ring (bicyclic) bond motifs is 1. The first-order valence-electron chi connectivity index (χ1n) is 8.83. The molecule has 2 aromatic heterocycles. The molecule has 0 aliphatic carbocycles. The van der Waals surface area contributed by atoms with Crippen LogP contribution in [0.1, 0.15) is 0 Å². The minimum absolute atomic E-state index is 0.0549. The number of hydrogen-bond acceptors (Lipinski definition) is 5. The van der Waals surface area contributed by atoms with Crippen molar-refractivity contribution in [1.82, 2.24) is 14.1 Å². The van der Waals surface area contributed by atoms with E-state index in [2.05, 4.69) is 9.71 Å². The highest BCUT2D eigenvalue weighted by Gasteiger charge is 2.18. The predicted octanol–water partition coefficient (Wildman–Crippen LogP) is 3.88. The van der Waals surface area contributed by atoms with Crippen molar-refractivity contribution in [3.63, 3.8) is 0 Å². The molecule has 0 saturated heterocycles. The van der Waals surface area contributed by atoms with Gasteiger partial charge in [-0.25, -0.2) is 18.2 Å². The summed E-state index contributed by atoms with van der Waals surface area (Å²) in [5.74, 6) is 0. The number of benzene rings is 2. The minimum atomic E-state index is -3.87. The maximum absolute atomic E-state index is 12.9. The van der Waals surface area contributed by atoms with Gasteiger partial charge in [0.15, 0.2) is 0 Å². The standard InChI is InChI=1S/C20H17ClN4O3S2/c1-24-16-8-7-14(12-17(16)25(2)20(24)26)30(27,28)23-13-6-9-18(15(21)11-13)29-19-5-3-4-10-22-19/h3-12,23H,1-2H3. The number of aromatic nitrogens is 3. The van der Waals surface area contributed by atoms with Crippen LogP contribution in [-0.4, -0.2) is 22.5 Å². The fraction of sp³-hybridized carbons (Fsp3) is 0.100. The van der Waals surface area contributed by atoms with E-state index in [0.717, 1.165) is 9.92 Å². The van der Waals surface area contributed by atoms with Crippen LogP contribution in [0.4, 0.5) is 5.69 Å². The first kappa shape index (κ1) is 20.5. The van der Waals surface area contributed by atoms with Crippen molar-refractivity contribution in [3.05, 3.63) is 76.3 Å². The summed E-state index contributed by atoms with van der Waals surface area (Å²) < 4.78 is 31.2. The van der Waals surface area contributed by atoms with Gasteiger partial charge in [0, 0.05) is 25.2 Å². The Balaban J connectivity index is 1.62. The van der Waals surface area contributed by atoms with Gasteiger partial charge in [0.05, 0.1) is 26.6 Å². The molecule has 0 amide bonds. The number of nitrogens with one attached hydrogen (secondary N) is 1. The Morgan fingerprint density at radius 2 is 1.77 bits per heavy atom. The summed E-state index contributed by atoms with van der Waals surface area (Å²) in [5.41, 5.74) is 1.30. The van der Waals surface area contributed by atoms with Crippen molar-refractivity contribution in [2.24, 2.45) is 14.1 Å². The van der Waals surface area contributed by atoms with Crippen LogP contribution < -0.4 is 10.4 Å². The predicted molar refractivity (Wildman–Crippen MR) is 119 cm³/mol. The lowest BCUT2D eigenvalue weighted by Crippen LogP contribution is -2.19. The number of halogens is 1. The zero-order valence-corrected chi connectivity index (χ0v) is 18.4. The van der Waals surface area contributed by atoms with Crippen molar-refractivity contribution in [3.8, 4) is 0 Å². The lowest BCUT2D eigenvalue weighted by molar-refractivity contribution is 0.601. The summed E-state index contributed by atoms with van der Waals surface area (Å²) in [5, 5.41) is 1.20. The van der Waals surface area contributed by atoms with Gasteiger partial charge in [0.2, 0.25) is 0 Å². The molecule has 2 heterocycles. The second-order valence-corrected chi connectivity index (χ2v) is 9.72. The molecule has 0 bridgehead atoms. The van der Waals surface area contributed by atoms with Crippen LogP contribution in [0.2, 0.25) is 5.02 Å². The normalized spacial score (nSPS) is 11.7. The Hall–Kier alpha value is -2.75. The third-order valence-corrected chi connectivity index (χ3v) is 7.42. The molecule has 30 heavy (non-hydrogen) atoms. The van der Waals surface area contributed by atoms with Gasteiger partial charge in [-0.3, -0.25) is 13.9 Å². The maximum atomic E-state index is 12.9. The molecule has 4 rings (SSSR count). The van der Waals surface area contributed by atoms with E-state index < -0.39 is 10.0 Å². The van der Waals surface area contributed by atoms with E-state index in [0.29, 0.717) is 21.7 Å². The van der Waals surface area contributed by atoms with Crippen molar-refractivity contribution in [2.45, 2.75) is 14.8 Å². The summed E-state index contributed by atoms with van der Waals surface area (Å²) in [4.78, 5) is 17.1. The SMILES string of the molecule is Cn1c(=O)n(C)c2cc(S(=O)(=O)Nc3ccc(Sc4ccccn4)c(Cl)c3)ccc21. The Morgan fingerprint density at radius 3 is 2.47 bits per heavy atom. The Bertz CT molecular complexity index is 1410. The van der Waals surface area contributed by atoms with E-state index in [-0.39, 0.29) is 10.6 Å². The topological polar surface area (TPSA) is 86.0 Å². The molecule has 7 nitrogen and oxygen atoms in total. The first-order chi connectivity index (χ1) is 14.3. The van der Waals surface area contributed by atoms with E-state index in [4.69, 9.17) is 11.6 Å². The number of aryl methyl sites for hydroxylation is 2. The summed E-state index contributed by atoms with van der Waals surface area (Å²) in [6.45, 7) is 0. The van der Waals surface area contributed by atoms with Gasteiger partial charge in [-0.2, -0.15) is 0 Å². The van der Waals surface area contributed by atoms with Crippen LogP contribution in [-0.2, 0) is 24.1 Å². The molecule has 0 aliphatic heterocycles. The van der Waals surface area contributed by atoms with E-state index in [1.807, 2.05) is 18.2 Å². The van der Waals surface area contributed by atoms with Gasteiger partial charge in [0.25, 0.3) is 10.0 Å². The van der Waals surface area contributed by atoms with Crippen molar-refractivity contribution >= 4 is 50.1 Å². The van der Waals surface area contributed by atoms with E-state index in [1.165, 1.54) is 33.0 Å². The molecule has 10 heteroatoms. The van der Waals surface area contributed by atoms with Crippen molar-refractivity contribution < 1.29 is 8.42 Å². The molecule has 0 spiro atoms. The summed E-state index contributed by atoms with van der Waals surface area (Å²) >= 11 is 7.74. The molecule has 154 valence electrons. The molecule has 0 aliphatic rings. The van der Waals surface area contributed by atoms with Crippen LogP contribution >= 0.6 is 23.4 Å². The molecule has 4 aromatic rings. The molecule has 0 unspecified atom stereocenters. The average Bonchev–Trinajstić information content (AvgIpc) is 2.94. The minimum Gasteiger partial charge on any atom is -0.295 e. The number of imidazole rings is 1. The molecular weight excluding hydrogens is 444 g/mol. The zero-order valence-electron chi connectivity index (χ0n) is 16.0. The molecule has 1 N–H and O–H groups in total. The third kappa shape index (κ3) is 3.83. The quantitative estimate of drug-likeness (QED) is 0.488. The summed E-state index contributed by atoms with van der Waals surface area (Å²) in [6, 6.07) is 15.1. The highest BCUT2D eigenvalue weighted by molar-refractivity contribution is 7.99.